The molecule has 0 fully saturated rings. The van der Waals surface area contributed by atoms with Crippen molar-refractivity contribution in [3.8, 4) is 0 Å². The van der Waals surface area contributed by atoms with Crippen LogP contribution in [0.15, 0.2) is 17.1 Å². The van der Waals surface area contributed by atoms with E-state index in [-0.39, 0.29) is 0 Å². The fourth-order valence-electron chi connectivity index (χ4n) is 1.79. The summed E-state index contributed by atoms with van der Waals surface area (Å²) in [5, 5.41) is 4.52. The average Bonchev–Trinajstić information content (AvgIpc) is 2.43. The van der Waals surface area contributed by atoms with E-state index in [0.29, 0.717) is 15.1 Å². The molecule has 0 aromatic heterocycles. The van der Waals surface area contributed by atoms with Gasteiger partial charge in [0.05, 0.1) is 15.1 Å². The van der Waals surface area contributed by atoms with E-state index in [0.717, 1.165) is 30.9 Å². The Labute approximate surface area is 136 Å². The van der Waals surface area contributed by atoms with Gasteiger partial charge in [-0.2, -0.15) is 0 Å². The minimum absolute atomic E-state index is 0.383. The van der Waals surface area contributed by atoms with Gasteiger partial charge in [0.2, 0.25) is 0 Å². The van der Waals surface area contributed by atoms with Crippen molar-refractivity contribution in [3.05, 3.63) is 27.2 Å². The normalized spacial score (nSPS) is 11.8. The van der Waals surface area contributed by atoms with Crippen molar-refractivity contribution in [2.75, 3.05) is 11.9 Å². The Bertz CT molecular complexity index is 435. The molecule has 0 aliphatic heterocycles. The van der Waals surface area contributed by atoms with Gasteiger partial charge >= 0.3 is 0 Å². The van der Waals surface area contributed by atoms with Crippen LogP contribution in [0.4, 0.5) is 5.69 Å². The zero-order valence-electron chi connectivity index (χ0n) is 12.0. The summed E-state index contributed by atoms with van der Waals surface area (Å²) in [6.45, 7) is 5.12. The van der Waals surface area contributed by atoms with Crippen molar-refractivity contribution < 1.29 is 0 Å². The highest BCUT2D eigenvalue weighted by atomic mass is 35.5. The van der Waals surface area contributed by atoms with Crippen LogP contribution >= 0.6 is 34.8 Å². The second kappa shape index (κ2) is 9.49. The van der Waals surface area contributed by atoms with E-state index in [4.69, 9.17) is 34.8 Å². The molecule has 5 heteroatoms. The molecule has 0 radical (unpaired) electrons. The van der Waals surface area contributed by atoms with Crippen LogP contribution in [0.25, 0.3) is 0 Å². The minimum Gasteiger partial charge on any atom is -0.344 e. The molecule has 1 aromatic rings. The largest absolute Gasteiger partial charge is 0.344 e. The number of unbranched alkanes of at least 4 members (excludes halogenated alkanes) is 3. The molecule has 0 aliphatic carbocycles. The predicted molar refractivity (Wildman–Crippen MR) is 91.8 cm³/mol. The molecule has 0 saturated carbocycles. The van der Waals surface area contributed by atoms with Gasteiger partial charge in [0.1, 0.15) is 5.84 Å². The monoisotopic (exact) mass is 334 g/mol. The minimum atomic E-state index is 0.383. The van der Waals surface area contributed by atoms with E-state index < -0.39 is 0 Å². The van der Waals surface area contributed by atoms with Gasteiger partial charge in [-0.05, 0) is 18.6 Å². The highest BCUT2D eigenvalue weighted by Gasteiger charge is 2.06. The Morgan fingerprint density at radius 3 is 2.25 bits per heavy atom. The zero-order valence-corrected chi connectivity index (χ0v) is 14.2. The second-order valence-corrected chi connectivity index (χ2v) is 5.81. The van der Waals surface area contributed by atoms with Crippen LogP contribution in [-0.4, -0.2) is 12.4 Å². The SMILES string of the molecule is CCCCCCN=C(CC)Nc1cc(Cl)c(Cl)c(Cl)c1. The maximum Gasteiger partial charge on any atom is 0.100 e. The van der Waals surface area contributed by atoms with Crippen molar-refractivity contribution >= 4 is 46.3 Å². The third-order valence-corrected chi connectivity index (χ3v) is 4.12. The average molecular weight is 336 g/mol. The Morgan fingerprint density at radius 1 is 1.05 bits per heavy atom. The number of anilines is 1. The van der Waals surface area contributed by atoms with E-state index in [1.54, 1.807) is 12.1 Å². The first kappa shape index (κ1) is 17.6. The van der Waals surface area contributed by atoms with Crippen molar-refractivity contribution in [3.63, 3.8) is 0 Å². The molecule has 0 bridgehead atoms. The number of nitrogens with one attached hydrogen (secondary N) is 1. The van der Waals surface area contributed by atoms with E-state index in [1.807, 2.05) is 0 Å². The lowest BCUT2D eigenvalue weighted by Gasteiger charge is -2.10. The molecule has 0 unspecified atom stereocenters. The van der Waals surface area contributed by atoms with Gasteiger partial charge in [0.15, 0.2) is 0 Å². The summed E-state index contributed by atoms with van der Waals surface area (Å²) in [5.74, 6) is 0.941. The summed E-state index contributed by atoms with van der Waals surface area (Å²) >= 11 is 18.0. The highest BCUT2D eigenvalue weighted by molar-refractivity contribution is 6.48. The van der Waals surface area contributed by atoms with Crippen LogP contribution in [0.1, 0.15) is 46.0 Å². The smallest absolute Gasteiger partial charge is 0.100 e. The summed E-state index contributed by atoms with van der Waals surface area (Å²) in [6.07, 6.45) is 5.71. The van der Waals surface area contributed by atoms with Crippen molar-refractivity contribution in [2.45, 2.75) is 46.0 Å². The molecule has 0 amide bonds. The van der Waals surface area contributed by atoms with Crippen molar-refractivity contribution in [1.29, 1.82) is 0 Å². The lowest BCUT2D eigenvalue weighted by atomic mass is 10.2. The topological polar surface area (TPSA) is 24.4 Å². The van der Waals surface area contributed by atoms with Crippen LogP contribution in [-0.2, 0) is 0 Å². The number of hydrogen-bond donors (Lipinski definition) is 1. The fourth-order valence-corrected chi connectivity index (χ4v) is 2.38. The quantitative estimate of drug-likeness (QED) is 0.263. The molecule has 0 spiro atoms. The van der Waals surface area contributed by atoms with Crippen LogP contribution < -0.4 is 5.32 Å². The molecule has 0 aliphatic rings. The Hall–Kier alpha value is -0.440. The molecule has 1 aromatic carbocycles. The lowest BCUT2D eigenvalue weighted by molar-refractivity contribution is 0.674. The van der Waals surface area contributed by atoms with E-state index in [2.05, 4.69) is 24.2 Å². The second-order valence-electron chi connectivity index (χ2n) is 4.62. The highest BCUT2D eigenvalue weighted by Crippen LogP contribution is 2.33. The molecule has 20 heavy (non-hydrogen) atoms. The van der Waals surface area contributed by atoms with E-state index in [1.165, 1.54) is 19.3 Å². The summed E-state index contributed by atoms with van der Waals surface area (Å²) in [4.78, 5) is 4.58. The van der Waals surface area contributed by atoms with Gasteiger partial charge in [-0.1, -0.05) is 67.9 Å². The summed E-state index contributed by atoms with van der Waals surface area (Å²) in [7, 11) is 0. The number of amidine groups is 1. The summed E-state index contributed by atoms with van der Waals surface area (Å²) in [5.41, 5.74) is 0.818. The van der Waals surface area contributed by atoms with Crippen LogP contribution in [0.2, 0.25) is 15.1 Å². The molecular weight excluding hydrogens is 315 g/mol. The fraction of sp³-hybridized carbons (Fsp3) is 0.533. The number of aliphatic imine (C=N–C) groups is 1. The molecule has 0 atom stereocenters. The number of hydrogen-bond acceptors (Lipinski definition) is 1. The van der Waals surface area contributed by atoms with Crippen LogP contribution in [0.3, 0.4) is 0 Å². The van der Waals surface area contributed by atoms with Crippen molar-refractivity contribution in [1.82, 2.24) is 0 Å². The number of halogens is 3. The number of nitrogens with zero attached hydrogens (tertiary/aromatic N) is 1. The van der Waals surface area contributed by atoms with E-state index >= 15 is 0 Å². The Kier molecular flexibility index (Phi) is 8.35. The zero-order chi connectivity index (χ0) is 15.0. The first-order chi connectivity index (χ1) is 9.58. The van der Waals surface area contributed by atoms with Gasteiger partial charge in [-0.3, -0.25) is 4.99 Å². The third kappa shape index (κ3) is 5.90. The number of benzene rings is 1. The molecule has 1 rings (SSSR count). The standard InChI is InChI=1S/C15H21Cl3N2/c1-3-5-6-7-8-19-14(4-2)20-11-9-12(16)15(18)13(17)10-11/h9-10H,3-8H2,1-2H3,(H,19,20). The first-order valence-electron chi connectivity index (χ1n) is 7.03. The molecular formula is C15H21Cl3N2. The Balaban J connectivity index is 2.61. The van der Waals surface area contributed by atoms with Crippen LogP contribution in [0, 0.1) is 0 Å². The maximum absolute atomic E-state index is 6.01. The summed E-state index contributed by atoms with van der Waals surface area (Å²) in [6, 6.07) is 3.52. The van der Waals surface area contributed by atoms with E-state index in [9.17, 15) is 0 Å². The van der Waals surface area contributed by atoms with Gasteiger partial charge in [0.25, 0.3) is 0 Å². The van der Waals surface area contributed by atoms with Crippen molar-refractivity contribution in [2.24, 2.45) is 4.99 Å². The molecule has 0 saturated heterocycles. The Morgan fingerprint density at radius 2 is 1.70 bits per heavy atom. The van der Waals surface area contributed by atoms with Gasteiger partial charge in [0, 0.05) is 18.7 Å². The third-order valence-electron chi connectivity index (χ3n) is 2.92. The molecule has 2 nitrogen and oxygen atoms in total. The number of rotatable bonds is 7. The maximum atomic E-state index is 6.01. The van der Waals surface area contributed by atoms with Gasteiger partial charge in [-0.15, -0.1) is 0 Å². The predicted octanol–water partition coefficient (Wildman–Crippen LogP) is 6.45. The molecule has 0 heterocycles. The lowest BCUT2D eigenvalue weighted by Crippen LogP contribution is -2.11. The van der Waals surface area contributed by atoms with Gasteiger partial charge in [-0.25, -0.2) is 0 Å². The summed E-state index contributed by atoms with van der Waals surface area (Å²) < 4.78 is 0. The molecule has 112 valence electrons. The van der Waals surface area contributed by atoms with Crippen LogP contribution in [0.5, 0.6) is 0 Å². The first-order valence-corrected chi connectivity index (χ1v) is 8.16. The molecule has 1 N–H and O–H groups in total. The van der Waals surface area contributed by atoms with Gasteiger partial charge < -0.3 is 5.32 Å².